The highest BCUT2D eigenvalue weighted by Gasteiger charge is 2.34. The Hall–Kier alpha value is -2.94. The third-order valence-corrected chi connectivity index (χ3v) is 7.49. The van der Waals surface area contributed by atoms with Crippen molar-refractivity contribution in [3.05, 3.63) is 105 Å². The van der Waals surface area contributed by atoms with Crippen LogP contribution in [-0.2, 0) is 10.2 Å². The van der Waals surface area contributed by atoms with Gasteiger partial charge in [0.15, 0.2) is 0 Å². The lowest BCUT2D eigenvalue weighted by atomic mass is 9.81. The minimum atomic E-state index is -3.63. The molecule has 2 unspecified atom stereocenters. The maximum absolute atomic E-state index is 11.9. The topological polar surface area (TPSA) is 106 Å². The quantitative estimate of drug-likeness (QED) is 0.501. The van der Waals surface area contributed by atoms with Crippen molar-refractivity contribution in [3.8, 4) is 0 Å². The fraction of sp³-hybridized carbons (Fsp3) is 0.320. The third kappa shape index (κ3) is 5.19. The molecule has 8 heteroatoms. The van der Waals surface area contributed by atoms with Crippen LogP contribution in [0.4, 0.5) is 0 Å². The van der Waals surface area contributed by atoms with Crippen LogP contribution >= 0.6 is 0 Å². The minimum absolute atomic E-state index is 0.0151. The molecular weight excluding hydrogens is 436 g/mol. The van der Waals surface area contributed by atoms with Crippen LogP contribution in [-0.4, -0.2) is 30.8 Å². The first-order chi connectivity index (χ1) is 15.8. The van der Waals surface area contributed by atoms with Gasteiger partial charge in [-0.15, -0.1) is 0 Å². The SMILES string of the molecule is Cc1cc(C(CC(c2ccc(C3CN(S(N)(=O)=O)C3)cc2)c2ccccc2C)N=O)ccn1. The Morgan fingerprint density at radius 3 is 2.36 bits per heavy atom. The van der Waals surface area contributed by atoms with E-state index < -0.39 is 16.3 Å². The van der Waals surface area contributed by atoms with Gasteiger partial charge in [0.1, 0.15) is 6.04 Å². The Labute approximate surface area is 194 Å². The van der Waals surface area contributed by atoms with Crippen LogP contribution in [0, 0.1) is 18.8 Å². The zero-order valence-electron chi connectivity index (χ0n) is 18.8. The second kappa shape index (κ2) is 9.51. The first-order valence-corrected chi connectivity index (χ1v) is 12.4. The second-order valence-electron chi connectivity index (χ2n) is 8.72. The number of aryl methyl sites for hydroxylation is 2. The molecule has 1 fully saturated rings. The highest BCUT2D eigenvalue weighted by Crippen LogP contribution is 2.38. The van der Waals surface area contributed by atoms with E-state index in [4.69, 9.17) is 5.14 Å². The number of nitrogens with two attached hydrogens (primary N) is 1. The smallest absolute Gasteiger partial charge is 0.262 e. The van der Waals surface area contributed by atoms with Gasteiger partial charge in [-0.3, -0.25) is 4.98 Å². The highest BCUT2D eigenvalue weighted by atomic mass is 32.2. The van der Waals surface area contributed by atoms with E-state index in [1.54, 1.807) is 6.20 Å². The van der Waals surface area contributed by atoms with E-state index in [-0.39, 0.29) is 11.8 Å². The van der Waals surface area contributed by atoms with Gasteiger partial charge in [-0.1, -0.05) is 53.7 Å². The lowest BCUT2D eigenvalue weighted by Crippen LogP contribution is -2.51. The number of hydrogen-bond donors (Lipinski definition) is 1. The molecule has 2 heterocycles. The van der Waals surface area contributed by atoms with E-state index in [0.29, 0.717) is 19.5 Å². The standard InChI is InChI=1S/C25H28N4O3S/c1-17-5-3-4-6-23(17)24(14-25(28-30)21-11-12-27-18(2)13-21)20-9-7-19(8-10-20)22-15-29(16-22)33(26,31)32/h3-13,22,24-25H,14-16H2,1-2H3,(H2,26,31,32). The van der Waals surface area contributed by atoms with Gasteiger partial charge < -0.3 is 0 Å². The molecule has 172 valence electrons. The Bertz CT molecular complexity index is 1240. The number of nitroso groups, excluding NO2 is 1. The van der Waals surface area contributed by atoms with Gasteiger partial charge in [0.25, 0.3) is 10.2 Å². The van der Waals surface area contributed by atoms with Crippen molar-refractivity contribution in [3.63, 3.8) is 0 Å². The summed E-state index contributed by atoms with van der Waals surface area (Å²) in [5.41, 5.74) is 6.21. The van der Waals surface area contributed by atoms with Gasteiger partial charge in [0.05, 0.1) is 0 Å². The molecule has 1 aliphatic heterocycles. The molecule has 0 spiro atoms. The largest absolute Gasteiger partial charge is 0.276 e. The van der Waals surface area contributed by atoms with Crippen molar-refractivity contribution < 1.29 is 8.42 Å². The summed E-state index contributed by atoms with van der Waals surface area (Å²) in [6, 6.07) is 19.7. The van der Waals surface area contributed by atoms with Gasteiger partial charge in [-0.25, -0.2) is 5.14 Å². The maximum Gasteiger partial charge on any atom is 0.276 e. The van der Waals surface area contributed by atoms with E-state index in [9.17, 15) is 13.3 Å². The molecule has 7 nitrogen and oxygen atoms in total. The van der Waals surface area contributed by atoms with Gasteiger partial charge in [-0.05, 0) is 60.2 Å². The van der Waals surface area contributed by atoms with Gasteiger partial charge in [0, 0.05) is 36.8 Å². The van der Waals surface area contributed by atoms with Crippen LogP contribution in [0.25, 0.3) is 0 Å². The Morgan fingerprint density at radius 1 is 1.06 bits per heavy atom. The number of nitrogens with zero attached hydrogens (tertiary/aromatic N) is 3. The summed E-state index contributed by atoms with van der Waals surface area (Å²) in [4.78, 5) is 16.1. The molecule has 33 heavy (non-hydrogen) atoms. The first-order valence-electron chi connectivity index (χ1n) is 10.9. The molecule has 3 aromatic rings. The lowest BCUT2D eigenvalue weighted by Gasteiger charge is -2.37. The van der Waals surface area contributed by atoms with Crippen molar-refractivity contribution in [2.75, 3.05) is 13.1 Å². The number of pyridine rings is 1. The predicted molar refractivity (Wildman–Crippen MR) is 129 cm³/mol. The molecule has 4 rings (SSSR count). The average Bonchev–Trinajstić information content (AvgIpc) is 2.74. The third-order valence-electron chi connectivity index (χ3n) is 6.47. The summed E-state index contributed by atoms with van der Waals surface area (Å²) in [6.45, 7) is 4.78. The van der Waals surface area contributed by atoms with Gasteiger partial charge >= 0.3 is 0 Å². The normalized spacial score (nSPS) is 16.7. The van der Waals surface area contributed by atoms with E-state index in [1.807, 2.05) is 43.3 Å². The maximum atomic E-state index is 11.9. The number of benzene rings is 2. The van der Waals surface area contributed by atoms with Crippen molar-refractivity contribution in [1.29, 1.82) is 0 Å². The first kappa shape index (κ1) is 23.2. The van der Waals surface area contributed by atoms with Crippen molar-refractivity contribution in [2.45, 2.75) is 38.1 Å². The summed E-state index contributed by atoms with van der Waals surface area (Å²) < 4.78 is 24.2. The molecule has 2 N–H and O–H groups in total. The van der Waals surface area contributed by atoms with Crippen molar-refractivity contribution in [1.82, 2.24) is 9.29 Å². The van der Waals surface area contributed by atoms with Crippen LogP contribution < -0.4 is 5.14 Å². The number of hydrogen-bond acceptors (Lipinski definition) is 5. The van der Waals surface area contributed by atoms with E-state index in [1.165, 1.54) is 4.31 Å². The second-order valence-corrected chi connectivity index (χ2v) is 10.3. The molecule has 2 aromatic carbocycles. The minimum Gasteiger partial charge on any atom is -0.262 e. The molecule has 0 saturated carbocycles. The average molecular weight is 465 g/mol. The Kier molecular flexibility index (Phi) is 6.69. The van der Waals surface area contributed by atoms with E-state index in [0.717, 1.165) is 33.5 Å². The molecule has 0 aliphatic carbocycles. The molecule has 1 aromatic heterocycles. The molecule has 1 aliphatic rings. The molecule has 0 radical (unpaired) electrons. The summed E-state index contributed by atoms with van der Waals surface area (Å²) >= 11 is 0. The zero-order chi connectivity index (χ0) is 23.6. The van der Waals surface area contributed by atoms with Crippen molar-refractivity contribution >= 4 is 10.2 Å². The van der Waals surface area contributed by atoms with E-state index >= 15 is 0 Å². The van der Waals surface area contributed by atoms with Crippen LogP contribution in [0.1, 0.15) is 57.8 Å². The lowest BCUT2D eigenvalue weighted by molar-refractivity contribution is 0.264. The highest BCUT2D eigenvalue weighted by molar-refractivity contribution is 7.86. The van der Waals surface area contributed by atoms with Crippen LogP contribution in [0.3, 0.4) is 0 Å². The fourth-order valence-corrected chi connectivity index (χ4v) is 5.29. The monoisotopic (exact) mass is 464 g/mol. The van der Waals surface area contributed by atoms with Crippen LogP contribution in [0.2, 0.25) is 0 Å². The molecule has 2 atom stereocenters. The Balaban J connectivity index is 1.62. The van der Waals surface area contributed by atoms with Crippen molar-refractivity contribution in [2.24, 2.45) is 10.3 Å². The molecule has 1 saturated heterocycles. The predicted octanol–water partition coefficient (Wildman–Crippen LogP) is 4.33. The molecule has 0 bridgehead atoms. The summed E-state index contributed by atoms with van der Waals surface area (Å²) in [5, 5.41) is 8.67. The van der Waals surface area contributed by atoms with Crippen LogP contribution in [0.5, 0.6) is 0 Å². The number of aromatic nitrogens is 1. The number of rotatable bonds is 8. The summed E-state index contributed by atoms with van der Waals surface area (Å²) in [5.74, 6) is 0.122. The zero-order valence-corrected chi connectivity index (χ0v) is 19.6. The van der Waals surface area contributed by atoms with Gasteiger partial charge in [-0.2, -0.15) is 17.6 Å². The molecule has 0 amide bonds. The fourth-order valence-electron chi connectivity index (χ4n) is 4.52. The van der Waals surface area contributed by atoms with Gasteiger partial charge in [0.2, 0.25) is 0 Å². The summed E-state index contributed by atoms with van der Waals surface area (Å²) in [6.07, 6.45) is 2.25. The molecular formula is C25H28N4O3S. The van der Waals surface area contributed by atoms with E-state index in [2.05, 4.69) is 41.4 Å². The Morgan fingerprint density at radius 2 is 1.76 bits per heavy atom. The van der Waals surface area contributed by atoms with Crippen LogP contribution in [0.15, 0.2) is 72.0 Å². The summed E-state index contributed by atoms with van der Waals surface area (Å²) in [7, 11) is -3.63.